The van der Waals surface area contributed by atoms with Crippen molar-refractivity contribution in [3.05, 3.63) is 0 Å². The van der Waals surface area contributed by atoms with Crippen molar-refractivity contribution < 1.29 is 9.84 Å². The van der Waals surface area contributed by atoms with E-state index in [0.717, 1.165) is 0 Å². The van der Waals surface area contributed by atoms with Crippen LogP contribution >= 0.6 is 0 Å². The zero-order valence-electron chi connectivity index (χ0n) is 2.56. The van der Waals surface area contributed by atoms with Gasteiger partial charge in [0.2, 0.25) is 0 Å². The first-order valence-corrected chi connectivity index (χ1v) is 1.01. The molecule has 0 aliphatic rings. The predicted octanol–water partition coefficient (Wildman–Crippen LogP) is -0.417. The minimum absolute atomic E-state index is 0.181. The zero-order valence-corrected chi connectivity index (χ0v) is 2.56. The summed E-state index contributed by atoms with van der Waals surface area (Å²) in [5.41, 5.74) is 0. The van der Waals surface area contributed by atoms with E-state index in [1.54, 1.807) is 0 Å². The lowest BCUT2D eigenvalue weighted by atomic mass is 11.4. The number of hydrogen-bond donors (Lipinski definition) is 1. The van der Waals surface area contributed by atoms with Gasteiger partial charge in [-0.1, -0.05) is 0 Å². The summed E-state index contributed by atoms with van der Waals surface area (Å²) in [6.45, 7) is -0.181. The minimum atomic E-state index is -0.181. The van der Waals surface area contributed by atoms with E-state index in [-0.39, 0.29) is 6.79 Å². The largest absolute Gasteiger partial charge is 0.371 e. The van der Waals surface area contributed by atoms with Gasteiger partial charge in [0, 0.05) is 7.11 Å². The number of hydrogen-bond acceptors (Lipinski definition) is 2. The molecule has 0 amide bonds. The van der Waals surface area contributed by atoms with E-state index in [4.69, 9.17) is 5.11 Å². The van der Waals surface area contributed by atoms with Crippen molar-refractivity contribution in [3.8, 4) is 0 Å². The van der Waals surface area contributed by atoms with Gasteiger partial charge in [-0.3, -0.25) is 0 Å². The molecule has 0 saturated heterocycles. The first kappa shape index (κ1) is 3.92. The molecule has 0 radical (unpaired) electrons. The van der Waals surface area contributed by atoms with Crippen LogP contribution in [0.2, 0.25) is 0 Å². The maximum Gasteiger partial charge on any atom is 0.143 e. The molecular weight excluding hydrogens is 56.0 g/mol. The van der Waals surface area contributed by atoms with Crippen molar-refractivity contribution in [2.75, 3.05) is 13.9 Å². The Kier molecular flexibility index (Phi) is 2.86. The highest BCUT2D eigenvalue weighted by Crippen LogP contribution is 1.46. The highest BCUT2D eigenvalue weighted by molar-refractivity contribution is 3.72. The molecule has 26 valence electrons. The van der Waals surface area contributed by atoms with E-state index in [0.29, 0.717) is 0 Å². The van der Waals surface area contributed by atoms with Crippen molar-refractivity contribution in [2.24, 2.45) is 0 Å². The minimum Gasteiger partial charge on any atom is -0.371 e. The predicted molar refractivity (Wildman–Crippen MR) is 14.1 cm³/mol. The summed E-state index contributed by atoms with van der Waals surface area (Å²) in [7, 11) is 1.43. The van der Waals surface area contributed by atoms with E-state index in [1.807, 2.05) is 0 Å². The van der Waals surface area contributed by atoms with Crippen LogP contribution in [-0.2, 0) is 4.74 Å². The van der Waals surface area contributed by atoms with Gasteiger partial charge in [-0.15, -0.1) is 0 Å². The van der Waals surface area contributed by atoms with Gasteiger partial charge in [0.05, 0.1) is 0 Å². The zero-order chi connectivity index (χ0) is 3.41. The number of aliphatic hydroxyl groups is 1. The summed E-state index contributed by atoms with van der Waals surface area (Å²) in [4.78, 5) is 0. The molecule has 0 rings (SSSR count). The summed E-state index contributed by atoms with van der Waals surface area (Å²) >= 11 is 0. The monoisotopic (exact) mass is 62.0 g/mol. The van der Waals surface area contributed by atoms with Crippen molar-refractivity contribution in [3.63, 3.8) is 0 Å². The quantitative estimate of drug-likeness (QED) is 0.418. The lowest BCUT2D eigenvalue weighted by molar-refractivity contribution is 0.0325. The molecule has 2 nitrogen and oxygen atoms in total. The van der Waals surface area contributed by atoms with Gasteiger partial charge in [-0.25, -0.2) is 0 Å². The van der Waals surface area contributed by atoms with Gasteiger partial charge in [0.25, 0.3) is 0 Å². The first-order valence-electron chi connectivity index (χ1n) is 1.01. The van der Waals surface area contributed by atoms with Gasteiger partial charge in [0.15, 0.2) is 0 Å². The SMILES string of the molecule is COCO. The number of aliphatic hydroxyl groups excluding tert-OH is 1. The summed E-state index contributed by atoms with van der Waals surface area (Å²) in [5, 5.41) is 7.65. The normalized spacial score (nSPS) is 7.50. The van der Waals surface area contributed by atoms with Crippen molar-refractivity contribution >= 4 is 0 Å². The second kappa shape index (κ2) is 2.92. The molecule has 0 aromatic heterocycles. The van der Waals surface area contributed by atoms with Crippen LogP contribution in [0.4, 0.5) is 0 Å². The molecule has 0 atom stereocenters. The molecule has 4 heavy (non-hydrogen) atoms. The molecule has 1 N–H and O–H groups in total. The van der Waals surface area contributed by atoms with Gasteiger partial charge >= 0.3 is 0 Å². The van der Waals surface area contributed by atoms with Gasteiger partial charge < -0.3 is 9.84 Å². The third kappa shape index (κ3) is 1.92. The Bertz CT molecular complexity index is 6.00. The molecule has 0 aliphatic heterocycles. The molecule has 2 heteroatoms. The molecule has 0 aromatic rings. The Balaban J connectivity index is 1.97. The van der Waals surface area contributed by atoms with Gasteiger partial charge in [-0.2, -0.15) is 0 Å². The highest BCUT2D eigenvalue weighted by Gasteiger charge is 1.51. The van der Waals surface area contributed by atoms with Crippen LogP contribution in [0.3, 0.4) is 0 Å². The van der Waals surface area contributed by atoms with Crippen LogP contribution in [0.5, 0.6) is 0 Å². The van der Waals surface area contributed by atoms with Crippen LogP contribution in [-0.4, -0.2) is 19.0 Å². The average Bonchev–Trinajstić information content (AvgIpc) is 1.37. The molecule has 0 aromatic carbocycles. The van der Waals surface area contributed by atoms with Crippen LogP contribution in [0.15, 0.2) is 0 Å². The lowest BCUT2D eigenvalue weighted by Crippen LogP contribution is -1.79. The number of methoxy groups -OCH3 is 1. The van der Waals surface area contributed by atoms with Gasteiger partial charge in [-0.05, 0) is 0 Å². The van der Waals surface area contributed by atoms with E-state index in [2.05, 4.69) is 4.74 Å². The van der Waals surface area contributed by atoms with Crippen molar-refractivity contribution in [1.82, 2.24) is 0 Å². The third-order valence-corrected chi connectivity index (χ3v) is 0.129. The van der Waals surface area contributed by atoms with E-state index < -0.39 is 0 Å². The fourth-order valence-corrected chi connectivity index (χ4v) is 0. The van der Waals surface area contributed by atoms with Crippen molar-refractivity contribution in [1.29, 1.82) is 0 Å². The van der Waals surface area contributed by atoms with Crippen molar-refractivity contribution in [2.45, 2.75) is 0 Å². The van der Waals surface area contributed by atoms with E-state index >= 15 is 0 Å². The lowest BCUT2D eigenvalue weighted by Gasteiger charge is -1.76. The molecule has 0 unspecified atom stereocenters. The molecular formula is C2H6O2. The van der Waals surface area contributed by atoms with E-state index in [9.17, 15) is 0 Å². The Morgan fingerprint density at radius 2 is 2.25 bits per heavy atom. The molecule has 0 saturated carbocycles. The average molecular weight is 62.1 g/mol. The maximum atomic E-state index is 7.65. The van der Waals surface area contributed by atoms with Crippen LogP contribution < -0.4 is 0 Å². The fourth-order valence-electron chi connectivity index (χ4n) is 0. The standard InChI is InChI=1S/C2H6O2/c1-4-2-3/h3H,2H2,1H3. The summed E-state index contributed by atoms with van der Waals surface area (Å²) in [6.07, 6.45) is 0. The van der Waals surface area contributed by atoms with Crippen LogP contribution in [0.25, 0.3) is 0 Å². The summed E-state index contributed by atoms with van der Waals surface area (Å²) in [5.74, 6) is 0. The Morgan fingerprint density at radius 1 is 2.00 bits per heavy atom. The summed E-state index contributed by atoms with van der Waals surface area (Å²) < 4.78 is 4.10. The fraction of sp³-hybridized carbons (Fsp3) is 1.00. The van der Waals surface area contributed by atoms with E-state index in [1.165, 1.54) is 7.11 Å². The molecule has 0 aliphatic carbocycles. The Morgan fingerprint density at radius 3 is 2.25 bits per heavy atom. The second-order valence-corrected chi connectivity index (χ2v) is 0.418. The second-order valence-electron chi connectivity index (χ2n) is 0.418. The number of rotatable bonds is 1. The molecule has 0 fully saturated rings. The summed E-state index contributed by atoms with van der Waals surface area (Å²) in [6, 6.07) is 0. The highest BCUT2D eigenvalue weighted by atomic mass is 16.6. The third-order valence-electron chi connectivity index (χ3n) is 0.129. The first-order chi connectivity index (χ1) is 1.91. The smallest absolute Gasteiger partial charge is 0.143 e. The molecule has 0 spiro atoms. The topological polar surface area (TPSA) is 29.5 Å². The molecule has 0 heterocycles. The molecule has 0 bridgehead atoms. The van der Waals surface area contributed by atoms with Crippen LogP contribution in [0, 0.1) is 0 Å². The Hall–Kier alpha value is -0.0800. The maximum absolute atomic E-state index is 7.65. The van der Waals surface area contributed by atoms with Crippen LogP contribution in [0.1, 0.15) is 0 Å². The number of ether oxygens (including phenoxy) is 1. The van der Waals surface area contributed by atoms with Gasteiger partial charge in [0.1, 0.15) is 6.79 Å². The Labute approximate surface area is 25.0 Å².